The fourth-order valence-corrected chi connectivity index (χ4v) is 1.34. The van der Waals surface area contributed by atoms with Gasteiger partial charge in [0, 0.05) is 0 Å². The molecule has 0 spiro atoms. The number of aldehydes is 1. The maximum atomic E-state index is 10.4. The summed E-state index contributed by atoms with van der Waals surface area (Å²) in [6.45, 7) is 2.09. The zero-order chi connectivity index (χ0) is 8.81. The predicted molar refractivity (Wildman–Crippen MR) is 48.7 cm³/mol. The van der Waals surface area contributed by atoms with Gasteiger partial charge in [-0.15, -0.1) is 17.3 Å². The van der Waals surface area contributed by atoms with E-state index in [2.05, 4.69) is 11.8 Å². The van der Waals surface area contributed by atoms with Gasteiger partial charge in [0.25, 0.3) is 0 Å². The van der Waals surface area contributed by atoms with Gasteiger partial charge in [0.2, 0.25) is 0 Å². The topological polar surface area (TPSA) is 26.3 Å². The molecule has 0 N–H and O–H groups in total. The summed E-state index contributed by atoms with van der Waals surface area (Å²) in [6.07, 6.45) is 0.791. The van der Waals surface area contributed by atoms with Crippen LogP contribution in [0.15, 0.2) is 11.4 Å². The van der Waals surface area contributed by atoms with Crippen molar-refractivity contribution in [3.8, 4) is 17.6 Å². The molecular formula is C9H8O2S. The van der Waals surface area contributed by atoms with E-state index in [1.54, 1.807) is 13.0 Å². The number of hydrogen-bond acceptors (Lipinski definition) is 3. The second kappa shape index (κ2) is 4.58. The fourth-order valence-electron chi connectivity index (χ4n) is 0.700. The average molecular weight is 180 g/mol. The van der Waals surface area contributed by atoms with Crippen LogP contribution < -0.4 is 4.74 Å². The Kier molecular flexibility index (Phi) is 3.36. The molecule has 0 saturated carbocycles. The van der Waals surface area contributed by atoms with E-state index >= 15 is 0 Å². The SMILES string of the molecule is CC#CCOc1ccsc1C=O. The highest BCUT2D eigenvalue weighted by Gasteiger charge is 2.01. The van der Waals surface area contributed by atoms with Gasteiger partial charge in [-0.3, -0.25) is 4.79 Å². The second-order valence-electron chi connectivity index (χ2n) is 1.98. The van der Waals surface area contributed by atoms with Crippen LogP contribution in [0, 0.1) is 11.8 Å². The minimum absolute atomic E-state index is 0.341. The molecule has 0 unspecified atom stereocenters. The van der Waals surface area contributed by atoms with Gasteiger partial charge >= 0.3 is 0 Å². The van der Waals surface area contributed by atoms with Gasteiger partial charge < -0.3 is 4.74 Å². The first-order valence-electron chi connectivity index (χ1n) is 3.43. The Morgan fingerprint density at radius 2 is 2.58 bits per heavy atom. The summed E-state index contributed by atoms with van der Waals surface area (Å²) < 4.78 is 5.21. The molecule has 0 radical (unpaired) electrons. The number of carbonyl (C=O) groups is 1. The van der Waals surface area contributed by atoms with Crippen LogP contribution in [0.2, 0.25) is 0 Å². The highest BCUT2D eigenvalue weighted by atomic mass is 32.1. The van der Waals surface area contributed by atoms with Crippen molar-refractivity contribution in [2.45, 2.75) is 6.92 Å². The Labute approximate surface area is 75.2 Å². The first-order chi connectivity index (χ1) is 5.88. The third-order valence-corrected chi connectivity index (χ3v) is 2.06. The van der Waals surface area contributed by atoms with E-state index in [0.29, 0.717) is 17.2 Å². The largest absolute Gasteiger partial charge is 0.479 e. The fraction of sp³-hybridized carbons (Fsp3) is 0.222. The molecule has 12 heavy (non-hydrogen) atoms. The van der Waals surface area contributed by atoms with Crippen LogP contribution in [0.1, 0.15) is 16.6 Å². The summed E-state index contributed by atoms with van der Waals surface area (Å²) in [5.41, 5.74) is 0. The van der Waals surface area contributed by atoms with E-state index < -0.39 is 0 Å². The number of hydrogen-bond donors (Lipinski definition) is 0. The van der Waals surface area contributed by atoms with Gasteiger partial charge in [0.05, 0.1) is 0 Å². The lowest BCUT2D eigenvalue weighted by atomic mass is 10.4. The van der Waals surface area contributed by atoms with Crippen molar-refractivity contribution in [1.29, 1.82) is 0 Å². The summed E-state index contributed by atoms with van der Waals surface area (Å²) in [7, 11) is 0. The molecule has 62 valence electrons. The van der Waals surface area contributed by atoms with E-state index in [-0.39, 0.29) is 0 Å². The van der Waals surface area contributed by atoms with E-state index in [1.165, 1.54) is 11.3 Å². The summed E-state index contributed by atoms with van der Waals surface area (Å²) in [6, 6.07) is 1.77. The van der Waals surface area contributed by atoms with Gasteiger partial charge in [-0.2, -0.15) is 0 Å². The number of thiophene rings is 1. The molecule has 0 amide bonds. The van der Waals surface area contributed by atoms with Crippen molar-refractivity contribution >= 4 is 17.6 Å². The highest BCUT2D eigenvalue weighted by molar-refractivity contribution is 7.12. The van der Waals surface area contributed by atoms with Crippen LogP contribution in [-0.2, 0) is 0 Å². The van der Waals surface area contributed by atoms with Crippen LogP contribution in [0.4, 0.5) is 0 Å². The first kappa shape index (κ1) is 8.82. The van der Waals surface area contributed by atoms with Crippen LogP contribution in [-0.4, -0.2) is 12.9 Å². The minimum Gasteiger partial charge on any atom is -0.479 e. The molecule has 0 saturated heterocycles. The standard InChI is InChI=1S/C9H8O2S/c1-2-3-5-11-8-4-6-12-9(8)7-10/h4,6-7H,5H2,1H3. The van der Waals surface area contributed by atoms with E-state index in [4.69, 9.17) is 4.74 Å². The lowest BCUT2D eigenvalue weighted by Crippen LogP contribution is -1.94. The quantitative estimate of drug-likeness (QED) is 0.525. The van der Waals surface area contributed by atoms with Gasteiger partial charge in [0.1, 0.15) is 17.2 Å². The highest BCUT2D eigenvalue weighted by Crippen LogP contribution is 2.22. The first-order valence-corrected chi connectivity index (χ1v) is 4.31. The lowest BCUT2D eigenvalue weighted by molar-refractivity contribution is 0.112. The van der Waals surface area contributed by atoms with Crippen LogP contribution in [0.3, 0.4) is 0 Å². The van der Waals surface area contributed by atoms with Gasteiger partial charge in [0.15, 0.2) is 6.29 Å². The third kappa shape index (κ3) is 2.11. The predicted octanol–water partition coefficient (Wildman–Crippen LogP) is 1.96. The van der Waals surface area contributed by atoms with Crippen LogP contribution in [0.25, 0.3) is 0 Å². The van der Waals surface area contributed by atoms with Gasteiger partial charge in [-0.25, -0.2) is 0 Å². The summed E-state index contributed by atoms with van der Waals surface area (Å²) in [5.74, 6) is 6.08. The Balaban J connectivity index is 2.59. The monoisotopic (exact) mass is 180 g/mol. The Hall–Kier alpha value is -1.27. The Bertz CT molecular complexity index is 317. The lowest BCUT2D eigenvalue weighted by Gasteiger charge is -1.97. The molecule has 1 aromatic heterocycles. The van der Waals surface area contributed by atoms with Crippen molar-refractivity contribution in [3.05, 3.63) is 16.3 Å². The molecule has 0 aromatic carbocycles. The third-order valence-electron chi connectivity index (χ3n) is 1.24. The zero-order valence-corrected chi connectivity index (χ0v) is 7.48. The molecule has 0 bridgehead atoms. The van der Waals surface area contributed by atoms with Crippen molar-refractivity contribution < 1.29 is 9.53 Å². The van der Waals surface area contributed by atoms with E-state index in [0.717, 1.165) is 6.29 Å². The molecule has 0 aliphatic carbocycles. The molecule has 1 heterocycles. The molecule has 0 atom stereocenters. The summed E-state index contributed by atoms with van der Waals surface area (Å²) in [4.78, 5) is 11.0. The molecule has 1 rings (SSSR count). The van der Waals surface area contributed by atoms with Crippen molar-refractivity contribution in [3.63, 3.8) is 0 Å². The van der Waals surface area contributed by atoms with E-state index in [1.807, 2.05) is 5.38 Å². The smallest absolute Gasteiger partial charge is 0.163 e. The minimum atomic E-state index is 0.341. The van der Waals surface area contributed by atoms with Gasteiger partial charge in [-0.1, -0.05) is 5.92 Å². The summed E-state index contributed by atoms with van der Waals surface area (Å²) in [5, 5.41) is 1.82. The zero-order valence-electron chi connectivity index (χ0n) is 6.66. The molecule has 0 aliphatic heterocycles. The molecule has 2 nitrogen and oxygen atoms in total. The second-order valence-corrected chi connectivity index (χ2v) is 2.93. The van der Waals surface area contributed by atoms with Gasteiger partial charge in [-0.05, 0) is 18.4 Å². The van der Waals surface area contributed by atoms with E-state index in [9.17, 15) is 4.79 Å². The van der Waals surface area contributed by atoms with Crippen molar-refractivity contribution in [2.24, 2.45) is 0 Å². The molecule has 0 aliphatic rings. The summed E-state index contributed by atoms with van der Waals surface area (Å²) >= 11 is 1.37. The molecule has 0 fully saturated rings. The Morgan fingerprint density at radius 1 is 1.75 bits per heavy atom. The van der Waals surface area contributed by atoms with Crippen molar-refractivity contribution in [2.75, 3.05) is 6.61 Å². The maximum Gasteiger partial charge on any atom is 0.163 e. The van der Waals surface area contributed by atoms with Crippen LogP contribution >= 0.6 is 11.3 Å². The molecule has 1 aromatic rings. The normalized spacial score (nSPS) is 8.42. The van der Waals surface area contributed by atoms with Crippen LogP contribution in [0.5, 0.6) is 5.75 Å². The Morgan fingerprint density at radius 3 is 3.25 bits per heavy atom. The van der Waals surface area contributed by atoms with Crippen molar-refractivity contribution in [1.82, 2.24) is 0 Å². The average Bonchev–Trinajstić information content (AvgIpc) is 2.52. The number of ether oxygens (including phenoxy) is 1. The number of carbonyl (C=O) groups excluding carboxylic acids is 1. The number of rotatable bonds is 3. The molecule has 3 heteroatoms. The molecular weight excluding hydrogens is 172 g/mol. The maximum absolute atomic E-state index is 10.4.